The molecule has 2 N–H and O–H groups in total. The van der Waals surface area contributed by atoms with Gasteiger partial charge in [0, 0.05) is 24.0 Å². The molecular formula is C12H19BrN2O2S2. The zero-order valence-corrected chi connectivity index (χ0v) is 14.3. The Balaban J connectivity index is 2.38. The van der Waals surface area contributed by atoms with E-state index in [0.29, 0.717) is 27.7 Å². The van der Waals surface area contributed by atoms with Crippen molar-refractivity contribution in [3.8, 4) is 0 Å². The molecule has 0 amide bonds. The van der Waals surface area contributed by atoms with Crippen molar-refractivity contribution in [3.05, 3.63) is 14.7 Å². The minimum absolute atomic E-state index is 0.0480. The Bertz CT molecular complexity index is 556. The molecule has 0 bridgehead atoms. The quantitative estimate of drug-likeness (QED) is 0.894. The molecule has 1 aromatic rings. The molecule has 0 aliphatic carbocycles. The number of nitrogens with two attached hydrogens (primary N) is 1. The summed E-state index contributed by atoms with van der Waals surface area (Å²) < 4.78 is 27.8. The van der Waals surface area contributed by atoms with Crippen molar-refractivity contribution >= 4 is 37.3 Å². The van der Waals surface area contributed by atoms with Gasteiger partial charge in [0.25, 0.3) is 0 Å². The highest BCUT2D eigenvalue weighted by Crippen LogP contribution is 2.36. The number of rotatable bonds is 3. The highest BCUT2D eigenvalue weighted by Gasteiger charge is 2.36. The number of nitrogens with zero attached hydrogens (tertiary/aromatic N) is 1. The van der Waals surface area contributed by atoms with Gasteiger partial charge in [-0.3, -0.25) is 0 Å². The van der Waals surface area contributed by atoms with Crippen molar-refractivity contribution in [2.45, 2.75) is 44.2 Å². The summed E-state index contributed by atoms with van der Waals surface area (Å²) in [4.78, 5) is 1.24. The summed E-state index contributed by atoms with van der Waals surface area (Å²) in [5.74, 6) is 0.398. The van der Waals surface area contributed by atoms with E-state index in [0.717, 1.165) is 17.7 Å². The summed E-state index contributed by atoms with van der Waals surface area (Å²) in [5.41, 5.74) is 5.58. The van der Waals surface area contributed by atoms with Gasteiger partial charge in [0.05, 0.1) is 3.79 Å². The van der Waals surface area contributed by atoms with Crippen molar-refractivity contribution in [2.24, 2.45) is 11.7 Å². The van der Waals surface area contributed by atoms with Crippen LogP contribution >= 0.6 is 27.3 Å². The van der Waals surface area contributed by atoms with E-state index in [9.17, 15) is 8.42 Å². The van der Waals surface area contributed by atoms with Gasteiger partial charge in [0.2, 0.25) is 10.0 Å². The Morgan fingerprint density at radius 2 is 2.21 bits per heavy atom. The largest absolute Gasteiger partial charge is 0.326 e. The van der Waals surface area contributed by atoms with Crippen LogP contribution in [0.5, 0.6) is 0 Å². The van der Waals surface area contributed by atoms with Gasteiger partial charge in [-0.25, -0.2) is 8.42 Å². The molecule has 2 atom stereocenters. The molecule has 1 aliphatic rings. The van der Waals surface area contributed by atoms with Crippen LogP contribution in [-0.2, 0) is 16.6 Å². The van der Waals surface area contributed by atoms with E-state index in [1.54, 1.807) is 10.4 Å². The molecule has 108 valence electrons. The first-order valence-corrected chi connectivity index (χ1v) is 9.43. The Labute approximate surface area is 127 Å². The molecule has 1 aromatic heterocycles. The van der Waals surface area contributed by atoms with E-state index >= 15 is 0 Å². The Morgan fingerprint density at radius 1 is 1.53 bits per heavy atom. The summed E-state index contributed by atoms with van der Waals surface area (Å²) in [6.45, 7) is 5.07. The second-order valence-corrected chi connectivity index (χ2v) is 9.34. The first kappa shape index (κ1) is 15.4. The maximum atomic E-state index is 12.8. The lowest BCUT2D eigenvalue weighted by Crippen LogP contribution is -2.45. The standard InChI is InChI=1S/C12H19BrN2O2S2/c1-8-4-3-5-15(9(8)2)19(16,17)11-6-10(7-14)18-12(11)13/h6,8-9H,3-5,7,14H2,1-2H3. The highest BCUT2D eigenvalue weighted by atomic mass is 79.9. The fraction of sp³-hybridized carbons (Fsp3) is 0.667. The normalized spacial score (nSPS) is 25.7. The number of halogens is 1. The molecule has 1 fully saturated rings. The number of sulfonamides is 1. The van der Waals surface area contributed by atoms with Crippen molar-refractivity contribution in [1.82, 2.24) is 4.31 Å². The number of piperidine rings is 1. The predicted molar refractivity (Wildman–Crippen MR) is 81.7 cm³/mol. The topological polar surface area (TPSA) is 63.4 Å². The second-order valence-electron chi connectivity index (χ2n) is 5.03. The third kappa shape index (κ3) is 2.90. The van der Waals surface area contributed by atoms with Gasteiger partial charge >= 0.3 is 0 Å². The van der Waals surface area contributed by atoms with Gasteiger partial charge in [-0.05, 0) is 47.7 Å². The minimum atomic E-state index is -3.42. The van der Waals surface area contributed by atoms with Crippen molar-refractivity contribution in [3.63, 3.8) is 0 Å². The molecule has 2 heterocycles. The minimum Gasteiger partial charge on any atom is -0.326 e. The van der Waals surface area contributed by atoms with E-state index < -0.39 is 10.0 Å². The van der Waals surface area contributed by atoms with Crippen LogP contribution in [0.4, 0.5) is 0 Å². The molecule has 0 saturated carbocycles. The van der Waals surface area contributed by atoms with E-state index in [1.165, 1.54) is 11.3 Å². The van der Waals surface area contributed by atoms with E-state index in [-0.39, 0.29) is 6.04 Å². The smallest absolute Gasteiger partial charge is 0.245 e. The van der Waals surface area contributed by atoms with Gasteiger partial charge in [0.15, 0.2) is 0 Å². The van der Waals surface area contributed by atoms with Crippen molar-refractivity contribution in [1.29, 1.82) is 0 Å². The summed E-state index contributed by atoms with van der Waals surface area (Å²) in [5, 5.41) is 0. The maximum Gasteiger partial charge on any atom is 0.245 e. The lowest BCUT2D eigenvalue weighted by atomic mass is 9.94. The average Bonchev–Trinajstić information content (AvgIpc) is 2.74. The zero-order chi connectivity index (χ0) is 14.2. The van der Waals surface area contributed by atoms with Gasteiger partial charge in [-0.1, -0.05) is 6.92 Å². The van der Waals surface area contributed by atoms with Crippen LogP contribution in [0.1, 0.15) is 31.6 Å². The van der Waals surface area contributed by atoms with Crippen molar-refractivity contribution in [2.75, 3.05) is 6.54 Å². The summed E-state index contributed by atoms with van der Waals surface area (Å²) in [7, 11) is -3.42. The van der Waals surface area contributed by atoms with Gasteiger partial charge in [-0.15, -0.1) is 11.3 Å². The number of hydrogen-bond acceptors (Lipinski definition) is 4. The monoisotopic (exact) mass is 366 g/mol. The summed E-state index contributed by atoms with van der Waals surface area (Å²) >= 11 is 4.75. The van der Waals surface area contributed by atoms with E-state index in [1.807, 2.05) is 6.92 Å². The maximum absolute atomic E-state index is 12.8. The van der Waals surface area contributed by atoms with Gasteiger partial charge < -0.3 is 5.73 Å². The molecule has 1 aliphatic heterocycles. The molecule has 0 spiro atoms. The van der Waals surface area contributed by atoms with Crippen LogP contribution in [0.2, 0.25) is 0 Å². The predicted octanol–water partition coefficient (Wildman–Crippen LogP) is 2.78. The van der Waals surface area contributed by atoms with Crippen molar-refractivity contribution < 1.29 is 8.42 Å². The fourth-order valence-electron chi connectivity index (χ4n) is 2.44. The van der Waals surface area contributed by atoms with Crippen LogP contribution in [0.25, 0.3) is 0 Å². The van der Waals surface area contributed by atoms with Crippen LogP contribution in [0, 0.1) is 5.92 Å². The Morgan fingerprint density at radius 3 is 2.79 bits per heavy atom. The molecule has 2 rings (SSSR count). The highest BCUT2D eigenvalue weighted by molar-refractivity contribution is 9.11. The first-order valence-electron chi connectivity index (χ1n) is 6.38. The van der Waals surface area contributed by atoms with Gasteiger partial charge in [0.1, 0.15) is 4.90 Å². The second kappa shape index (κ2) is 5.81. The molecule has 0 radical (unpaired) electrons. The van der Waals surface area contributed by atoms with Crippen LogP contribution in [0.15, 0.2) is 14.7 Å². The summed E-state index contributed by atoms with van der Waals surface area (Å²) in [6, 6.07) is 1.74. The lowest BCUT2D eigenvalue weighted by Gasteiger charge is -2.36. The van der Waals surface area contributed by atoms with Gasteiger partial charge in [-0.2, -0.15) is 4.31 Å². The Hall–Kier alpha value is 0.0500. The zero-order valence-electron chi connectivity index (χ0n) is 11.1. The fourth-order valence-corrected chi connectivity index (χ4v) is 6.72. The van der Waals surface area contributed by atoms with Crippen LogP contribution in [-0.4, -0.2) is 25.3 Å². The third-order valence-corrected chi connectivity index (χ3v) is 8.07. The molecule has 0 aromatic carbocycles. The first-order chi connectivity index (χ1) is 8.87. The average molecular weight is 367 g/mol. The number of thiophene rings is 1. The van der Waals surface area contributed by atoms with Crippen LogP contribution < -0.4 is 5.73 Å². The number of hydrogen-bond donors (Lipinski definition) is 1. The van der Waals surface area contributed by atoms with E-state index in [2.05, 4.69) is 22.9 Å². The summed E-state index contributed by atoms with van der Waals surface area (Å²) in [6.07, 6.45) is 2.02. The molecule has 7 heteroatoms. The molecular weight excluding hydrogens is 348 g/mol. The molecule has 4 nitrogen and oxygen atoms in total. The molecule has 2 unspecified atom stereocenters. The lowest BCUT2D eigenvalue weighted by molar-refractivity contribution is 0.202. The van der Waals surface area contributed by atoms with E-state index in [4.69, 9.17) is 5.73 Å². The Kier molecular flexibility index (Phi) is 4.72. The van der Waals surface area contributed by atoms with Crippen LogP contribution in [0.3, 0.4) is 0 Å². The molecule has 1 saturated heterocycles. The SMILES string of the molecule is CC1CCCN(S(=O)(=O)c2cc(CN)sc2Br)C1C. The molecule has 19 heavy (non-hydrogen) atoms. The third-order valence-electron chi connectivity index (χ3n) is 3.81.